The molecule has 2 rings (SSSR count). The minimum atomic E-state index is -0.511. The van der Waals surface area contributed by atoms with E-state index in [1.54, 1.807) is 0 Å². The normalized spacial score (nSPS) is 24.0. The number of ether oxygens (including phenoxy) is 1. The summed E-state index contributed by atoms with van der Waals surface area (Å²) >= 11 is 6.15. The summed E-state index contributed by atoms with van der Waals surface area (Å²) in [6.45, 7) is 5.63. The number of halogens is 1. The summed E-state index contributed by atoms with van der Waals surface area (Å²) in [5, 5.41) is 13.2. The molecule has 1 saturated heterocycles. The van der Waals surface area contributed by atoms with Crippen LogP contribution in [0, 0.1) is 0 Å². The molecule has 0 saturated carbocycles. The standard InChI is InChI=1S/C16H23ClN2O3/c1-12(13-5-3-4-6-14(13)17)18-15(21)9-19-7-8-22-11-16(19,2)10-20/h3-6,12,20H,7-11H2,1-2H3,(H,18,21)/t12-,16-/m1/s1. The van der Waals surface area contributed by atoms with Crippen molar-refractivity contribution in [3.8, 4) is 0 Å². The molecule has 0 unspecified atom stereocenters. The predicted octanol–water partition coefficient (Wildman–Crippen LogP) is 1.60. The number of nitrogens with zero attached hydrogens (tertiary/aromatic N) is 1. The Morgan fingerprint density at radius 1 is 1.55 bits per heavy atom. The summed E-state index contributed by atoms with van der Waals surface area (Å²) < 4.78 is 5.40. The lowest BCUT2D eigenvalue weighted by Gasteiger charge is -2.43. The zero-order chi connectivity index (χ0) is 16.2. The molecule has 1 fully saturated rings. The first kappa shape index (κ1) is 17.2. The molecule has 0 aromatic heterocycles. The Morgan fingerprint density at radius 3 is 2.95 bits per heavy atom. The molecule has 1 aliphatic heterocycles. The minimum Gasteiger partial charge on any atom is -0.394 e. The summed E-state index contributed by atoms with van der Waals surface area (Å²) in [6, 6.07) is 7.31. The van der Waals surface area contributed by atoms with E-state index in [0.717, 1.165) is 5.56 Å². The van der Waals surface area contributed by atoms with Crippen molar-refractivity contribution in [2.45, 2.75) is 25.4 Å². The van der Waals surface area contributed by atoms with Crippen LogP contribution in [0.1, 0.15) is 25.5 Å². The molecule has 1 aliphatic rings. The molecule has 6 heteroatoms. The average Bonchev–Trinajstić information content (AvgIpc) is 2.50. The maximum atomic E-state index is 12.3. The van der Waals surface area contributed by atoms with Gasteiger partial charge in [-0.25, -0.2) is 0 Å². The van der Waals surface area contributed by atoms with Crippen molar-refractivity contribution in [2.75, 3.05) is 32.9 Å². The van der Waals surface area contributed by atoms with Crippen LogP contribution in [0.25, 0.3) is 0 Å². The second-order valence-corrected chi connectivity index (χ2v) is 6.35. The number of aliphatic hydroxyl groups excluding tert-OH is 1. The topological polar surface area (TPSA) is 61.8 Å². The molecule has 2 atom stereocenters. The van der Waals surface area contributed by atoms with E-state index in [-0.39, 0.29) is 25.1 Å². The smallest absolute Gasteiger partial charge is 0.234 e. The van der Waals surface area contributed by atoms with Crippen molar-refractivity contribution in [2.24, 2.45) is 0 Å². The minimum absolute atomic E-state index is 0.0413. The zero-order valence-corrected chi connectivity index (χ0v) is 13.8. The van der Waals surface area contributed by atoms with Crippen LogP contribution in [-0.4, -0.2) is 54.4 Å². The van der Waals surface area contributed by atoms with Crippen LogP contribution in [0.3, 0.4) is 0 Å². The molecule has 122 valence electrons. The molecule has 0 bridgehead atoms. The molecule has 2 N–H and O–H groups in total. The number of morpholine rings is 1. The van der Waals surface area contributed by atoms with Gasteiger partial charge >= 0.3 is 0 Å². The number of amides is 1. The highest BCUT2D eigenvalue weighted by Gasteiger charge is 2.35. The fourth-order valence-electron chi connectivity index (χ4n) is 2.61. The molecule has 1 heterocycles. The van der Waals surface area contributed by atoms with E-state index in [2.05, 4.69) is 5.32 Å². The van der Waals surface area contributed by atoms with Gasteiger partial charge < -0.3 is 15.2 Å². The number of aliphatic hydroxyl groups is 1. The quantitative estimate of drug-likeness (QED) is 0.863. The second-order valence-electron chi connectivity index (χ2n) is 5.94. The number of nitrogens with one attached hydrogen (secondary N) is 1. The number of rotatable bonds is 5. The summed E-state index contributed by atoms with van der Waals surface area (Å²) in [4.78, 5) is 14.3. The zero-order valence-electron chi connectivity index (χ0n) is 13.0. The first-order valence-electron chi connectivity index (χ1n) is 7.44. The largest absolute Gasteiger partial charge is 0.394 e. The van der Waals surface area contributed by atoms with Crippen molar-refractivity contribution in [1.82, 2.24) is 10.2 Å². The average molecular weight is 327 g/mol. The van der Waals surface area contributed by atoms with Gasteiger partial charge in [-0.2, -0.15) is 0 Å². The molecule has 5 nitrogen and oxygen atoms in total. The summed E-state index contributed by atoms with van der Waals surface area (Å²) in [5.74, 6) is -0.0889. The van der Waals surface area contributed by atoms with E-state index in [4.69, 9.17) is 16.3 Å². The van der Waals surface area contributed by atoms with E-state index < -0.39 is 5.54 Å². The Labute approximate surface area is 136 Å². The van der Waals surface area contributed by atoms with Crippen molar-refractivity contribution in [3.05, 3.63) is 34.9 Å². The summed E-state index contributed by atoms with van der Waals surface area (Å²) in [6.07, 6.45) is 0. The van der Waals surface area contributed by atoms with Gasteiger partial charge in [0.05, 0.1) is 37.9 Å². The van der Waals surface area contributed by atoms with Crippen LogP contribution in [0.2, 0.25) is 5.02 Å². The summed E-state index contributed by atoms with van der Waals surface area (Å²) in [7, 11) is 0. The Morgan fingerprint density at radius 2 is 2.27 bits per heavy atom. The van der Waals surface area contributed by atoms with Gasteiger partial charge in [0.25, 0.3) is 0 Å². The Balaban J connectivity index is 1.96. The van der Waals surface area contributed by atoms with Gasteiger partial charge in [-0.05, 0) is 25.5 Å². The number of hydrogen-bond acceptors (Lipinski definition) is 4. The van der Waals surface area contributed by atoms with Crippen LogP contribution in [-0.2, 0) is 9.53 Å². The fraction of sp³-hybridized carbons (Fsp3) is 0.562. The molecule has 0 aliphatic carbocycles. The lowest BCUT2D eigenvalue weighted by Crippen LogP contribution is -2.59. The van der Waals surface area contributed by atoms with Crippen LogP contribution in [0.4, 0.5) is 0 Å². The highest BCUT2D eigenvalue weighted by molar-refractivity contribution is 6.31. The lowest BCUT2D eigenvalue weighted by atomic mass is 10.0. The third-order valence-electron chi connectivity index (χ3n) is 4.11. The molecular weight excluding hydrogens is 304 g/mol. The lowest BCUT2D eigenvalue weighted by molar-refractivity contribution is -0.130. The van der Waals surface area contributed by atoms with Crippen molar-refractivity contribution in [3.63, 3.8) is 0 Å². The maximum Gasteiger partial charge on any atom is 0.234 e. The van der Waals surface area contributed by atoms with Crippen LogP contribution in [0.15, 0.2) is 24.3 Å². The van der Waals surface area contributed by atoms with E-state index in [1.165, 1.54) is 0 Å². The molecule has 1 aromatic carbocycles. The number of hydrogen-bond donors (Lipinski definition) is 2. The van der Waals surface area contributed by atoms with Gasteiger partial charge in [0.15, 0.2) is 0 Å². The summed E-state index contributed by atoms with van der Waals surface area (Å²) in [5.41, 5.74) is 0.382. The number of carbonyl (C=O) groups excluding carboxylic acids is 1. The molecular formula is C16H23ClN2O3. The van der Waals surface area contributed by atoms with E-state index in [0.29, 0.717) is 24.8 Å². The molecule has 22 heavy (non-hydrogen) atoms. The van der Waals surface area contributed by atoms with Gasteiger partial charge in [-0.15, -0.1) is 0 Å². The SMILES string of the molecule is C[C@@H](NC(=O)CN1CCOC[C@@]1(C)CO)c1ccccc1Cl. The molecule has 0 radical (unpaired) electrons. The van der Waals surface area contributed by atoms with Gasteiger partial charge in [-0.1, -0.05) is 29.8 Å². The first-order valence-corrected chi connectivity index (χ1v) is 7.81. The first-order chi connectivity index (χ1) is 10.5. The van der Waals surface area contributed by atoms with Crippen LogP contribution in [0.5, 0.6) is 0 Å². The Kier molecular flexibility index (Phi) is 5.81. The highest BCUT2D eigenvalue weighted by Crippen LogP contribution is 2.23. The van der Waals surface area contributed by atoms with Crippen molar-refractivity contribution >= 4 is 17.5 Å². The van der Waals surface area contributed by atoms with Gasteiger partial charge in [0.2, 0.25) is 5.91 Å². The molecule has 0 spiro atoms. The number of benzene rings is 1. The van der Waals surface area contributed by atoms with Crippen LogP contribution >= 0.6 is 11.6 Å². The van der Waals surface area contributed by atoms with E-state index in [1.807, 2.05) is 43.0 Å². The molecule has 1 amide bonds. The van der Waals surface area contributed by atoms with Gasteiger partial charge in [0, 0.05) is 11.6 Å². The third kappa shape index (κ3) is 3.98. The Hall–Kier alpha value is -1.14. The van der Waals surface area contributed by atoms with Crippen molar-refractivity contribution in [1.29, 1.82) is 0 Å². The maximum absolute atomic E-state index is 12.3. The fourth-order valence-corrected chi connectivity index (χ4v) is 2.91. The second kappa shape index (κ2) is 7.42. The third-order valence-corrected chi connectivity index (χ3v) is 4.45. The van der Waals surface area contributed by atoms with Crippen LogP contribution < -0.4 is 5.32 Å². The highest BCUT2D eigenvalue weighted by atomic mass is 35.5. The van der Waals surface area contributed by atoms with Gasteiger partial charge in [-0.3, -0.25) is 9.69 Å². The van der Waals surface area contributed by atoms with E-state index >= 15 is 0 Å². The monoisotopic (exact) mass is 326 g/mol. The van der Waals surface area contributed by atoms with Crippen molar-refractivity contribution < 1.29 is 14.6 Å². The predicted molar refractivity (Wildman–Crippen MR) is 85.9 cm³/mol. The molecule has 1 aromatic rings. The van der Waals surface area contributed by atoms with E-state index in [9.17, 15) is 9.90 Å². The number of carbonyl (C=O) groups is 1. The van der Waals surface area contributed by atoms with Gasteiger partial charge in [0.1, 0.15) is 0 Å². The Bertz CT molecular complexity index is 526.